The minimum atomic E-state index is -4.31. The number of hydrogen-bond acceptors (Lipinski definition) is 10. The summed E-state index contributed by atoms with van der Waals surface area (Å²) in [6.07, 6.45) is -4.36. The van der Waals surface area contributed by atoms with Crippen molar-refractivity contribution in [2.24, 2.45) is 5.92 Å². The van der Waals surface area contributed by atoms with Gasteiger partial charge >= 0.3 is 19.4 Å². The van der Waals surface area contributed by atoms with Crippen LogP contribution in [0.2, 0.25) is 0 Å². The Kier molecular flexibility index (Phi) is 8.08. The molecule has 1 aromatic carbocycles. The van der Waals surface area contributed by atoms with Gasteiger partial charge in [0.2, 0.25) is 0 Å². The molecule has 0 bridgehead atoms. The Morgan fingerprint density at radius 3 is 2.53 bits per heavy atom. The SMILES string of the molecule is CC(C)[C@@H](NP(=O)(OCC1O[C@@H](n2ccc(N)nc2=O)[C@H](O)[C@@H]1O)Oc1ccccc1)C(=O)O. The van der Waals surface area contributed by atoms with Crippen LogP contribution in [0.15, 0.2) is 47.4 Å². The number of nitrogen functional groups attached to an aromatic ring is 1. The lowest BCUT2D eigenvalue weighted by Crippen LogP contribution is -2.41. The lowest BCUT2D eigenvalue weighted by atomic mass is 10.1. The largest absolute Gasteiger partial charge is 0.480 e. The molecule has 1 aliphatic heterocycles. The second kappa shape index (κ2) is 10.6. The third-order valence-electron chi connectivity index (χ3n) is 5.07. The highest BCUT2D eigenvalue weighted by atomic mass is 31.2. The number of aliphatic hydroxyl groups is 2. The summed E-state index contributed by atoms with van der Waals surface area (Å²) in [7, 11) is -4.31. The van der Waals surface area contributed by atoms with Crippen molar-refractivity contribution < 1.29 is 38.5 Å². The first kappa shape index (κ1) is 25.8. The smallest absolute Gasteiger partial charge is 0.459 e. The number of aromatic nitrogens is 2. The molecule has 6 N–H and O–H groups in total. The van der Waals surface area contributed by atoms with Crippen LogP contribution in [-0.2, 0) is 18.6 Å². The molecule has 0 spiro atoms. The minimum absolute atomic E-state index is 0.0302. The van der Waals surface area contributed by atoms with Gasteiger partial charge in [0.25, 0.3) is 0 Å². The number of aliphatic hydroxyl groups excluding tert-OH is 2. The van der Waals surface area contributed by atoms with E-state index in [0.717, 1.165) is 4.57 Å². The molecule has 6 atom stereocenters. The molecule has 2 aromatic rings. The van der Waals surface area contributed by atoms with Crippen molar-refractivity contribution in [3.05, 3.63) is 53.1 Å². The van der Waals surface area contributed by atoms with E-state index in [0.29, 0.717) is 0 Å². The first-order chi connectivity index (χ1) is 16.0. The zero-order valence-corrected chi connectivity index (χ0v) is 19.3. The average molecular weight is 498 g/mol. The second-order valence-corrected chi connectivity index (χ2v) is 9.67. The number of aliphatic carboxylic acids is 1. The third-order valence-corrected chi connectivity index (χ3v) is 6.60. The summed E-state index contributed by atoms with van der Waals surface area (Å²) < 4.78 is 30.9. The van der Waals surface area contributed by atoms with Crippen molar-refractivity contribution in [3.8, 4) is 5.75 Å². The van der Waals surface area contributed by atoms with Gasteiger partial charge < -0.3 is 30.3 Å². The molecule has 2 heterocycles. The summed E-state index contributed by atoms with van der Waals surface area (Å²) >= 11 is 0. The van der Waals surface area contributed by atoms with E-state index in [9.17, 15) is 29.5 Å². The molecule has 3 rings (SSSR count). The van der Waals surface area contributed by atoms with E-state index in [-0.39, 0.29) is 11.6 Å². The van der Waals surface area contributed by atoms with Gasteiger partial charge in [0.15, 0.2) is 6.23 Å². The van der Waals surface area contributed by atoms with Crippen LogP contribution in [0.25, 0.3) is 0 Å². The van der Waals surface area contributed by atoms with E-state index < -0.39 is 62.5 Å². The summed E-state index contributed by atoms with van der Waals surface area (Å²) in [6.45, 7) is 2.66. The molecular formula is C20H27N4O9P. The number of carbonyl (C=O) groups is 1. The van der Waals surface area contributed by atoms with Gasteiger partial charge in [-0.25, -0.2) is 9.36 Å². The maximum absolute atomic E-state index is 13.5. The predicted octanol–water partition coefficient (Wildman–Crippen LogP) is 0.347. The Hall–Kier alpha value is -2.80. The van der Waals surface area contributed by atoms with Crippen LogP contribution in [0.4, 0.5) is 5.82 Å². The van der Waals surface area contributed by atoms with Crippen molar-refractivity contribution >= 4 is 19.5 Å². The highest BCUT2D eigenvalue weighted by molar-refractivity contribution is 7.52. The molecule has 1 saturated heterocycles. The van der Waals surface area contributed by atoms with Gasteiger partial charge in [0.05, 0.1) is 6.61 Å². The van der Waals surface area contributed by atoms with Gasteiger partial charge in [-0.3, -0.25) is 13.9 Å². The molecule has 0 aliphatic carbocycles. The zero-order valence-electron chi connectivity index (χ0n) is 18.4. The van der Waals surface area contributed by atoms with Crippen LogP contribution < -0.4 is 21.0 Å². The van der Waals surface area contributed by atoms with E-state index >= 15 is 0 Å². The fourth-order valence-electron chi connectivity index (χ4n) is 3.26. The second-order valence-electron chi connectivity index (χ2n) is 7.98. The molecule has 0 saturated carbocycles. The van der Waals surface area contributed by atoms with Crippen molar-refractivity contribution in [2.45, 2.75) is 44.4 Å². The van der Waals surface area contributed by atoms with Gasteiger partial charge in [-0.05, 0) is 24.1 Å². The predicted molar refractivity (Wildman–Crippen MR) is 119 cm³/mol. The summed E-state index contributed by atoms with van der Waals surface area (Å²) in [4.78, 5) is 27.3. The summed E-state index contributed by atoms with van der Waals surface area (Å²) in [5, 5.41) is 32.7. The lowest BCUT2D eigenvalue weighted by molar-refractivity contribution is -0.140. The Labute approximate surface area is 194 Å². The van der Waals surface area contributed by atoms with Crippen molar-refractivity contribution in [1.82, 2.24) is 14.6 Å². The number of carboxylic acid groups (broad SMARTS) is 1. The molecule has 13 nitrogen and oxygen atoms in total. The molecule has 1 aromatic heterocycles. The molecule has 14 heteroatoms. The molecule has 0 amide bonds. The number of hydrogen-bond donors (Lipinski definition) is 5. The molecule has 0 radical (unpaired) electrons. The Balaban J connectivity index is 1.79. The number of nitrogens with zero attached hydrogens (tertiary/aromatic N) is 2. The van der Waals surface area contributed by atoms with Crippen LogP contribution in [0.5, 0.6) is 5.75 Å². The number of benzene rings is 1. The number of rotatable bonds is 10. The van der Waals surface area contributed by atoms with Crippen molar-refractivity contribution in [1.29, 1.82) is 0 Å². The maximum Gasteiger partial charge on any atom is 0.459 e. The lowest BCUT2D eigenvalue weighted by Gasteiger charge is -2.26. The topological polar surface area (TPSA) is 195 Å². The maximum atomic E-state index is 13.5. The van der Waals surface area contributed by atoms with Crippen molar-refractivity contribution in [2.75, 3.05) is 12.3 Å². The number of ether oxygens (including phenoxy) is 1. The average Bonchev–Trinajstić information content (AvgIpc) is 3.05. The van der Waals surface area contributed by atoms with E-state index in [4.69, 9.17) is 19.5 Å². The normalized spacial score (nSPS) is 25.1. The minimum Gasteiger partial charge on any atom is -0.480 e. The first-order valence-corrected chi connectivity index (χ1v) is 11.9. The van der Waals surface area contributed by atoms with E-state index in [1.165, 1.54) is 24.4 Å². The highest BCUT2D eigenvalue weighted by Gasteiger charge is 2.46. The van der Waals surface area contributed by atoms with Gasteiger partial charge in [0.1, 0.15) is 35.9 Å². The fourth-order valence-corrected chi connectivity index (χ4v) is 4.93. The van der Waals surface area contributed by atoms with E-state index in [1.807, 2.05) is 0 Å². The molecular weight excluding hydrogens is 471 g/mol. The monoisotopic (exact) mass is 498 g/mol. The molecule has 2 unspecified atom stereocenters. The standard InChI is InChI=1S/C20H27N4O9P/c1-11(2)15(19(27)28)23-34(30,33-12-6-4-3-5-7-12)31-10-13-16(25)17(26)18(32-13)24-9-8-14(21)22-20(24)29/h3-9,11,13,15-18,25-26H,10H2,1-2H3,(H,23,30)(H,27,28)(H2,21,22,29)/t13?,15-,16-,17-,18-,34?/m1/s1. The van der Waals surface area contributed by atoms with Gasteiger partial charge in [-0.15, -0.1) is 0 Å². The first-order valence-electron chi connectivity index (χ1n) is 10.4. The number of nitrogens with one attached hydrogen (secondary N) is 1. The van der Waals surface area contributed by atoms with Crippen LogP contribution >= 0.6 is 7.75 Å². The zero-order chi connectivity index (χ0) is 25.0. The van der Waals surface area contributed by atoms with Gasteiger partial charge in [-0.1, -0.05) is 32.0 Å². The Bertz CT molecular complexity index is 1100. The number of nitrogens with two attached hydrogens (primary N) is 1. The van der Waals surface area contributed by atoms with E-state index in [1.54, 1.807) is 32.0 Å². The van der Waals surface area contributed by atoms with Gasteiger partial charge in [-0.2, -0.15) is 10.1 Å². The number of anilines is 1. The Morgan fingerprint density at radius 1 is 1.26 bits per heavy atom. The number of carboxylic acids is 1. The summed E-state index contributed by atoms with van der Waals surface area (Å²) in [6, 6.07) is 8.01. The van der Waals surface area contributed by atoms with Crippen molar-refractivity contribution in [3.63, 3.8) is 0 Å². The number of para-hydroxylation sites is 1. The third kappa shape index (κ3) is 6.00. The molecule has 1 fully saturated rings. The summed E-state index contributed by atoms with van der Waals surface area (Å²) in [5.41, 5.74) is 4.66. The molecule has 34 heavy (non-hydrogen) atoms. The van der Waals surface area contributed by atoms with Crippen LogP contribution in [0.1, 0.15) is 20.1 Å². The van der Waals surface area contributed by atoms with E-state index in [2.05, 4.69) is 10.1 Å². The van der Waals surface area contributed by atoms with Crippen LogP contribution in [0, 0.1) is 5.92 Å². The van der Waals surface area contributed by atoms with Gasteiger partial charge in [0, 0.05) is 6.20 Å². The molecule has 1 aliphatic rings. The Morgan fingerprint density at radius 2 is 1.94 bits per heavy atom. The highest BCUT2D eigenvalue weighted by Crippen LogP contribution is 2.46. The summed E-state index contributed by atoms with van der Waals surface area (Å²) in [5.74, 6) is -1.62. The van der Waals surface area contributed by atoms with Crippen LogP contribution in [0.3, 0.4) is 0 Å². The quantitative estimate of drug-likeness (QED) is 0.282. The fraction of sp³-hybridized carbons (Fsp3) is 0.450. The molecule has 186 valence electrons. The van der Waals surface area contributed by atoms with Crippen LogP contribution in [-0.4, -0.2) is 61.8 Å².